The van der Waals surface area contributed by atoms with Crippen LogP contribution >= 0.6 is 0 Å². The number of amidine groups is 1. The molecule has 0 aliphatic heterocycles. The first kappa shape index (κ1) is 25.4. The zero-order chi connectivity index (χ0) is 26.6. The van der Waals surface area contributed by atoms with Gasteiger partial charge >= 0.3 is 0 Å². The Bertz CT molecular complexity index is 1440. The number of carbonyl (C=O) groups is 1. The number of ether oxygens (including phenoxy) is 1. The van der Waals surface area contributed by atoms with Crippen molar-refractivity contribution in [2.75, 3.05) is 12.3 Å². The van der Waals surface area contributed by atoms with Gasteiger partial charge in [-0.1, -0.05) is 36.4 Å². The minimum atomic E-state index is -0.207. The Hall–Kier alpha value is -4.30. The third-order valence-corrected chi connectivity index (χ3v) is 7.32. The molecule has 0 unspecified atom stereocenters. The number of carbonyl (C=O) groups excluding carboxylic acids is 1. The average molecular weight is 511 g/mol. The van der Waals surface area contributed by atoms with Gasteiger partial charge in [-0.15, -0.1) is 0 Å². The van der Waals surface area contributed by atoms with Gasteiger partial charge in [-0.2, -0.15) is 0 Å². The second kappa shape index (κ2) is 11.0. The number of fused-ring (bicyclic) bond motifs is 1. The fourth-order valence-corrected chi connectivity index (χ4v) is 5.14. The van der Waals surface area contributed by atoms with Gasteiger partial charge in [-0.05, 0) is 73.6 Å². The number of anilines is 1. The van der Waals surface area contributed by atoms with Crippen molar-refractivity contribution in [3.05, 3.63) is 89.6 Å². The summed E-state index contributed by atoms with van der Waals surface area (Å²) >= 11 is 0. The molecule has 1 saturated carbocycles. The van der Waals surface area contributed by atoms with E-state index in [0.717, 1.165) is 53.6 Å². The predicted octanol–water partition coefficient (Wildman–Crippen LogP) is 4.60. The largest absolute Gasteiger partial charge is 0.457 e. The first-order valence-electron chi connectivity index (χ1n) is 13.0. The fraction of sp³-hybridized carbons (Fsp3) is 0.267. The summed E-state index contributed by atoms with van der Waals surface area (Å²) in [5.74, 6) is 1.66. The zero-order valence-electron chi connectivity index (χ0n) is 21.3. The molecule has 38 heavy (non-hydrogen) atoms. The molecule has 8 heteroatoms. The highest BCUT2D eigenvalue weighted by molar-refractivity contribution is 6.09. The van der Waals surface area contributed by atoms with E-state index in [4.69, 9.17) is 27.3 Å². The predicted molar refractivity (Wildman–Crippen MR) is 152 cm³/mol. The summed E-state index contributed by atoms with van der Waals surface area (Å²) in [5.41, 5.74) is 21.5. The molecule has 1 fully saturated rings. The molecule has 1 aliphatic carbocycles. The van der Waals surface area contributed by atoms with E-state index in [0.29, 0.717) is 36.0 Å². The molecule has 4 aromatic rings. The fourth-order valence-electron chi connectivity index (χ4n) is 5.14. The number of nitrogens with two attached hydrogens (primary N) is 3. The van der Waals surface area contributed by atoms with Gasteiger partial charge in [-0.25, -0.2) is 0 Å². The van der Waals surface area contributed by atoms with Crippen molar-refractivity contribution in [3.8, 4) is 11.5 Å². The van der Waals surface area contributed by atoms with Crippen LogP contribution in [0.3, 0.4) is 0 Å². The van der Waals surface area contributed by atoms with E-state index in [1.165, 1.54) is 0 Å². The lowest BCUT2D eigenvalue weighted by Crippen LogP contribution is -2.35. The first-order chi connectivity index (χ1) is 18.4. The van der Waals surface area contributed by atoms with Crippen LogP contribution in [0.4, 0.5) is 5.69 Å². The summed E-state index contributed by atoms with van der Waals surface area (Å²) in [4.78, 5) is 13.5. The summed E-state index contributed by atoms with van der Waals surface area (Å²) in [6.07, 6.45) is 4.00. The quantitative estimate of drug-likeness (QED) is 0.174. The van der Waals surface area contributed by atoms with Crippen LogP contribution in [0.5, 0.6) is 11.5 Å². The Morgan fingerprint density at radius 2 is 1.66 bits per heavy atom. The SMILES string of the molecule is N=C(N)c1ccc2c(N)c(C(=O)NCC3CCC(N)CC3)n(Cc3ccc(Oc4ccccc4)cc3)c2c1. The highest BCUT2D eigenvalue weighted by Gasteiger charge is 2.24. The molecule has 3 aromatic carbocycles. The monoisotopic (exact) mass is 510 g/mol. The van der Waals surface area contributed by atoms with E-state index < -0.39 is 0 Å². The molecule has 8 N–H and O–H groups in total. The minimum absolute atomic E-state index is 0.0397. The molecule has 1 heterocycles. The summed E-state index contributed by atoms with van der Waals surface area (Å²) in [6, 6.07) is 23.0. The molecule has 0 atom stereocenters. The van der Waals surface area contributed by atoms with Crippen LogP contribution in [0, 0.1) is 11.3 Å². The van der Waals surface area contributed by atoms with Crippen molar-refractivity contribution in [2.24, 2.45) is 17.4 Å². The Balaban J connectivity index is 1.43. The van der Waals surface area contributed by atoms with Crippen LogP contribution in [0.25, 0.3) is 10.9 Å². The molecule has 1 aliphatic rings. The highest BCUT2D eigenvalue weighted by atomic mass is 16.5. The van der Waals surface area contributed by atoms with Crippen LogP contribution in [0.15, 0.2) is 72.8 Å². The van der Waals surface area contributed by atoms with Crippen LogP contribution in [0.2, 0.25) is 0 Å². The van der Waals surface area contributed by atoms with Gasteiger partial charge in [0.2, 0.25) is 0 Å². The first-order valence-corrected chi connectivity index (χ1v) is 13.0. The normalized spacial score (nSPS) is 17.3. The second-order valence-corrected chi connectivity index (χ2v) is 10.0. The van der Waals surface area contributed by atoms with Gasteiger partial charge < -0.3 is 31.8 Å². The van der Waals surface area contributed by atoms with Gasteiger partial charge in [0.25, 0.3) is 5.91 Å². The zero-order valence-corrected chi connectivity index (χ0v) is 21.3. The van der Waals surface area contributed by atoms with Crippen molar-refractivity contribution in [1.29, 1.82) is 5.41 Å². The summed E-state index contributed by atoms with van der Waals surface area (Å²) in [6.45, 7) is 1.01. The van der Waals surface area contributed by atoms with Crippen LogP contribution in [-0.4, -0.2) is 28.9 Å². The highest BCUT2D eigenvalue weighted by Crippen LogP contribution is 2.31. The minimum Gasteiger partial charge on any atom is -0.457 e. The number of nitrogen functional groups attached to an aromatic ring is 2. The molecule has 1 aromatic heterocycles. The number of nitrogens with zero attached hydrogens (tertiary/aromatic N) is 1. The number of benzene rings is 3. The van der Waals surface area contributed by atoms with E-state index in [9.17, 15) is 4.79 Å². The third kappa shape index (κ3) is 5.50. The van der Waals surface area contributed by atoms with Crippen LogP contribution in [-0.2, 0) is 6.54 Å². The number of hydrogen-bond donors (Lipinski definition) is 5. The maximum absolute atomic E-state index is 13.5. The van der Waals surface area contributed by atoms with E-state index in [-0.39, 0.29) is 17.8 Å². The van der Waals surface area contributed by atoms with Crippen molar-refractivity contribution >= 4 is 28.3 Å². The Labute approximate surface area is 222 Å². The number of rotatable bonds is 8. The van der Waals surface area contributed by atoms with Gasteiger partial charge in [0, 0.05) is 30.1 Å². The third-order valence-electron chi connectivity index (χ3n) is 7.32. The van der Waals surface area contributed by atoms with Crippen LogP contribution < -0.4 is 27.3 Å². The molecule has 196 valence electrons. The standard InChI is InChI=1S/C30H34N6O2/c31-22-11-6-19(7-12-22)17-35-30(37)28-27(32)25-15-10-21(29(33)34)16-26(25)36(28)18-20-8-13-24(14-9-20)38-23-4-2-1-3-5-23/h1-5,8-10,13-16,19,22H,6-7,11-12,17-18,31-32H2,(H3,33,34)(H,35,37). The maximum atomic E-state index is 13.5. The number of amides is 1. The van der Waals surface area contributed by atoms with E-state index in [1.807, 2.05) is 71.3 Å². The molecule has 1 amide bonds. The number of para-hydroxylation sites is 1. The molecule has 5 rings (SSSR count). The molecule has 8 nitrogen and oxygen atoms in total. The number of nitrogens with one attached hydrogen (secondary N) is 2. The maximum Gasteiger partial charge on any atom is 0.270 e. The summed E-state index contributed by atoms with van der Waals surface area (Å²) < 4.78 is 7.83. The average Bonchev–Trinajstić information content (AvgIpc) is 3.20. The summed E-state index contributed by atoms with van der Waals surface area (Å²) in [7, 11) is 0. The lowest BCUT2D eigenvalue weighted by atomic mass is 9.86. The lowest BCUT2D eigenvalue weighted by Gasteiger charge is -2.26. The molecule has 0 saturated heterocycles. The van der Waals surface area contributed by atoms with E-state index >= 15 is 0 Å². The van der Waals surface area contributed by atoms with Gasteiger partial charge in [0.05, 0.1) is 11.2 Å². The Morgan fingerprint density at radius 3 is 2.34 bits per heavy atom. The van der Waals surface area contributed by atoms with Crippen molar-refractivity contribution in [2.45, 2.75) is 38.3 Å². The topological polar surface area (TPSA) is 145 Å². The molecule has 0 radical (unpaired) electrons. The lowest BCUT2D eigenvalue weighted by molar-refractivity contribution is 0.0935. The van der Waals surface area contributed by atoms with Gasteiger partial charge in [-0.3, -0.25) is 10.2 Å². The van der Waals surface area contributed by atoms with E-state index in [2.05, 4.69) is 5.32 Å². The molecular formula is C30H34N6O2. The van der Waals surface area contributed by atoms with E-state index in [1.54, 1.807) is 6.07 Å². The molecular weight excluding hydrogens is 476 g/mol. The van der Waals surface area contributed by atoms with Crippen molar-refractivity contribution in [1.82, 2.24) is 9.88 Å². The summed E-state index contributed by atoms with van der Waals surface area (Å²) in [5, 5.41) is 11.8. The van der Waals surface area contributed by atoms with Crippen molar-refractivity contribution < 1.29 is 9.53 Å². The number of hydrogen-bond acceptors (Lipinski definition) is 5. The van der Waals surface area contributed by atoms with Crippen LogP contribution in [0.1, 0.15) is 47.3 Å². The molecule has 0 bridgehead atoms. The van der Waals surface area contributed by atoms with Gasteiger partial charge in [0.1, 0.15) is 23.0 Å². The van der Waals surface area contributed by atoms with Gasteiger partial charge in [0.15, 0.2) is 0 Å². The Morgan fingerprint density at radius 1 is 0.974 bits per heavy atom. The Kier molecular flexibility index (Phi) is 7.33. The number of aromatic nitrogens is 1. The van der Waals surface area contributed by atoms with Crippen molar-refractivity contribution in [3.63, 3.8) is 0 Å². The second-order valence-electron chi connectivity index (χ2n) is 10.0. The smallest absolute Gasteiger partial charge is 0.270 e. The molecule has 0 spiro atoms.